The van der Waals surface area contributed by atoms with Crippen molar-refractivity contribution in [2.45, 2.75) is 31.7 Å². The number of allylic oxidation sites excluding steroid dienone is 1. The van der Waals surface area contributed by atoms with Gasteiger partial charge in [0.15, 0.2) is 0 Å². The lowest BCUT2D eigenvalue weighted by molar-refractivity contribution is -0.134. The quantitative estimate of drug-likeness (QED) is 0.579. The molecule has 0 aromatic heterocycles. The summed E-state index contributed by atoms with van der Waals surface area (Å²) < 4.78 is 33.9. The van der Waals surface area contributed by atoms with Crippen molar-refractivity contribution in [3.63, 3.8) is 0 Å². The van der Waals surface area contributed by atoms with Gasteiger partial charge in [0.1, 0.15) is 12.4 Å². The first-order chi connectivity index (χ1) is 18.2. The highest BCUT2D eigenvalue weighted by atomic mass is 32.2. The topological polar surface area (TPSA) is 108 Å². The van der Waals surface area contributed by atoms with Gasteiger partial charge in [-0.25, -0.2) is 0 Å². The Labute approximate surface area is 225 Å². The number of para-hydroxylation sites is 1. The molecule has 2 aliphatic rings. The van der Waals surface area contributed by atoms with E-state index in [1.54, 1.807) is 18.2 Å². The molecule has 2 amide bonds. The zero-order valence-electron chi connectivity index (χ0n) is 21.9. The van der Waals surface area contributed by atoms with Crippen molar-refractivity contribution in [2.24, 2.45) is 5.41 Å². The highest BCUT2D eigenvalue weighted by Gasteiger charge is 2.43. The number of rotatable bonds is 4. The lowest BCUT2D eigenvalue weighted by Gasteiger charge is -2.41. The molecule has 1 fully saturated rings. The van der Waals surface area contributed by atoms with E-state index in [0.29, 0.717) is 37.0 Å². The summed E-state index contributed by atoms with van der Waals surface area (Å²) in [6.45, 7) is 0.998. The van der Waals surface area contributed by atoms with E-state index in [0.717, 1.165) is 5.56 Å². The summed E-state index contributed by atoms with van der Waals surface area (Å²) in [6, 6.07) is 16.5. The second-order valence-electron chi connectivity index (χ2n) is 10.0. The van der Waals surface area contributed by atoms with Gasteiger partial charge in [-0.05, 0) is 43.4 Å². The summed E-state index contributed by atoms with van der Waals surface area (Å²) in [7, 11) is -0.536. The Bertz CT molecular complexity index is 1260. The number of hydrogen-bond donors (Lipinski definition) is 2. The Kier molecular flexibility index (Phi) is 8.86. The highest BCUT2D eigenvalue weighted by molar-refractivity contribution is 7.86. The molecule has 0 bridgehead atoms. The van der Waals surface area contributed by atoms with Gasteiger partial charge in [-0.3, -0.25) is 9.59 Å². The lowest BCUT2D eigenvalue weighted by atomic mass is 9.75. The highest BCUT2D eigenvalue weighted by Crippen LogP contribution is 2.37. The van der Waals surface area contributed by atoms with E-state index in [9.17, 15) is 18.0 Å². The maximum Gasteiger partial charge on any atom is 0.281 e. The molecule has 0 radical (unpaired) electrons. The van der Waals surface area contributed by atoms with Crippen LogP contribution in [0, 0.1) is 5.41 Å². The maximum atomic E-state index is 13.9. The molecule has 1 saturated heterocycles. The number of nitrogens with zero attached hydrogens (tertiary/aromatic N) is 2. The Hall–Kier alpha value is -3.21. The van der Waals surface area contributed by atoms with Crippen LogP contribution in [-0.2, 0) is 21.4 Å². The van der Waals surface area contributed by atoms with Crippen LogP contribution in [-0.4, -0.2) is 75.2 Å². The van der Waals surface area contributed by atoms with Gasteiger partial charge in [0, 0.05) is 33.7 Å². The smallest absolute Gasteiger partial charge is 0.281 e. The maximum absolute atomic E-state index is 13.9. The van der Waals surface area contributed by atoms with Gasteiger partial charge in [-0.1, -0.05) is 54.6 Å². The van der Waals surface area contributed by atoms with E-state index in [2.05, 4.69) is 10.6 Å². The van der Waals surface area contributed by atoms with Crippen LogP contribution in [0.3, 0.4) is 0 Å². The van der Waals surface area contributed by atoms with Crippen LogP contribution in [0.15, 0.2) is 66.7 Å². The van der Waals surface area contributed by atoms with Crippen molar-refractivity contribution in [3.05, 3.63) is 77.9 Å². The van der Waals surface area contributed by atoms with Crippen molar-refractivity contribution in [3.8, 4) is 5.75 Å². The molecule has 10 heteroatoms. The molecule has 2 N–H and O–H groups in total. The molecular formula is C28H36N4O5S. The first-order valence-electron chi connectivity index (χ1n) is 12.9. The van der Waals surface area contributed by atoms with Crippen LogP contribution in [0.2, 0.25) is 0 Å². The van der Waals surface area contributed by atoms with Crippen molar-refractivity contribution < 1.29 is 22.7 Å². The summed E-state index contributed by atoms with van der Waals surface area (Å²) in [4.78, 5) is 26.9. The third-order valence-corrected chi connectivity index (χ3v) is 9.20. The molecular weight excluding hydrogens is 504 g/mol. The van der Waals surface area contributed by atoms with Gasteiger partial charge in [-0.2, -0.15) is 17.0 Å². The number of piperidine rings is 1. The van der Waals surface area contributed by atoms with E-state index in [4.69, 9.17) is 4.74 Å². The molecule has 2 aromatic carbocycles. The van der Waals surface area contributed by atoms with Gasteiger partial charge >= 0.3 is 0 Å². The van der Waals surface area contributed by atoms with Crippen molar-refractivity contribution in [1.82, 2.24) is 19.2 Å². The summed E-state index contributed by atoms with van der Waals surface area (Å²) in [5.41, 5.74) is 0.710. The second-order valence-corrected chi connectivity index (χ2v) is 12.2. The average Bonchev–Trinajstić information content (AvgIpc) is 2.92. The van der Waals surface area contributed by atoms with Crippen LogP contribution < -0.4 is 15.4 Å². The molecule has 4 rings (SSSR count). The van der Waals surface area contributed by atoms with E-state index in [1.807, 2.05) is 48.6 Å². The summed E-state index contributed by atoms with van der Waals surface area (Å²) in [6.07, 6.45) is 5.56. The molecule has 1 spiro atoms. The third-order valence-electron chi connectivity index (χ3n) is 7.26. The first kappa shape index (κ1) is 27.8. The van der Waals surface area contributed by atoms with Gasteiger partial charge in [0.2, 0.25) is 5.91 Å². The summed E-state index contributed by atoms with van der Waals surface area (Å²) >= 11 is 0. The first-order valence-corrected chi connectivity index (χ1v) is 14.3. The largest absolute Gasteiger partial charge is 0.489 e. The average molecular weight is 541 g/mol. The van der Waals surface area contributed by atoms with Crippen LogP contribution in [0.5, 0.6) is 5.75 Å². The van der Waals surface area contributed by atoms with Gasteiger partial charge in [0.25, 0.3) is 16.1 Å². The fraction of sp³-hybridized carbons (Fsp3) is 0.429. The number of amides is 2. The molecule has 0 saturated carbocycles. The number of fused-ring (bicyclic) bond motifs is 1. The molecule has 1 atom stereocenters. The minimum Gasteiger partial charge on any atom is -0.489 e. The van der Waals surface area contributed by atoms with E-state index < -0.39 is 15.6 Å². The van der Waals surface area contributed by atoms with Crippen molar-refractivity contribution in [2.75, 3.05) is 40.3 Å². The molecule has 38 heavy (non-hydrogen) atoms. The zero-order valence-corrected chi connectivity index (χ0v) is 22.7. The summed E-state index contributed by atoms with van der Waals surface area (Å²) in [5, 5.41) is 6.17. The Morgan fingerprint density at radius 1 is 1.00 bits per heavy atom. The predicted octanol–water partition coefficient (Wildman–Crippen LogP) is 2.37. The number of carbonyl (C=O) groups excluding carboxylic acids is 2. The molecule has 9 nitrogen and oxygen atoms in total. The Morgan fingerprint density at radius 3 is 2.39 bits per heavy atom. The Balaban J connectivity index is 1.61. The molecule has 0 aliphatic carbocycles. The SMILES string of the molecule is CN(C)S(=O)(=O)N1CCC2(CC=CCOc3ccccc3C(=O)NC[C@@H](Cc3ccccc3)NC2=O)CC1. The van der Waals surface area contributed by atoms with Crippen LogP contribution in [0.4, 0.5) is 0 Å². The number of nitrogens with one attached hydrogen (secondary N) is 2. The van der Waals surface area contributed by atoms with E-state index in [1.165, 1.54) is 22.7 Å². The fourth-order valence-electron chi connectivity index (χ4n) is 4.92. The fourth-order valence-corrected chi connectivity index (χ4v) is 6.02. The standard InChI is InChI=1S/C28H36N4O5S/c1-31(2)38(35,36)32-17-15-28(16-18-32)14-8-9-19-37-25-13-7-6-12-24(25)26(33)29-21-23(30-27(28)34)20-22-10-4-3-5-11-22/h3-13,23H,14-21H2,1-2H3,(H,29,33)(H,30,34)/t23-/m1/s1. The number of benzene rings is 2. The number of hydrogen-bond acceptors (Lipinski definition) is 5. The summed E-state index contributed by atoms with van der Waals surface area (Å²) in [5.74, 6) is 0.0933. The molecule has 2 heterocycles. The van der Waals surface area contributed by atoms with Crippen LogP contribution in [0.25, 0.3) is 0 Å². The predicted molar refractivity (Wildman–Crippen MR) is 146 cm³/mol. The Morgan fingerprint density at radius 2 is 1.68 bits per heavy atom. The third kappa shape index (κ3) is 6.43. The monoisotopic (exact) mass is 540 g/mol. The molecule has 204 valence electrons. The second kappa shape index (κ2) is 12.1. The molecule has 0 unspecified atom stereocenters. The van der Waals surface area contributed by atoms with E-state index in [-0.39, 0.29) is 44.1 Å². The normalized spacial score (nSPS) is 21.2. The van der Waals surface area contributed by atoms with E-state index >= 15 is 0 Å². The van der Waals surface area contributed by atoms with Crippen molar-refractivity contribution in [1.29, 1.82) is 0 Å². The van der Waals surface area contributed by atoms with Gasteiger partial charge < -0.3 is 15.4 Å². The zero-order chi connectivity index (χ0) is 27.2. The van der Waals surface area contributed by atoms with Crippen molar-refractivity contribution >= 4 is 22.0 Å². The minimum atomic E-state index is -3.56. The van der Waals surface area contributed by atoms with Gasteiger partial charge in [0.05, 0.1) is 17.0 Å². The number of carbonyl (C=O) groups is 2. The van der Waals surface area contributed by atoms with Crippen LogP contribution in [0.1, 0.15) is 35.2 Å². The molecule has 2 aromatic rings. The van der Waals surface area contributed by atoms with Crippen LogP contribution >= 0.6 is 0 Å². The lowest BCUT2D eigenvalue weighted by Crippen LogP contribution is -2.55. The molecule has 2 aliphatic heterocycles. The minimum absolute atomic E-state index is 0.127. The number of ether oxygens (including phenoxy) is 1. The van der Waals surface area contributed by atoms with Gasteiger partial charge in [-0.15, -0.1) is 0 Å².